The lowest BCUT2D eigenvalue weighted by atomic mass is 10.0. The number of aryl methyl sites for hydroxylation is 2. The first kappa shape index (κ1) is 22.0. The van der Waals surface area contributed by atoms with Crippen LogP contribution in [0.5, 0.6) is 0 Å². The van der Waals surface area contributed by atoms with Crippen molar-refractivity contribution in [3.05, 3.63) is 17.3 Å². The van der Waals surface area contributed by atoms with Crippen molar-refractivity contribution in [1.29, 1.82) is 0 Å². The molecule has 0 aromatic carbocycles. The first-order valence-corrected chi connectivity index (χ1v) is 10.2. The van der Waals surface area contributed by atoms with Crippen molar-refractivity contribution >= 4 is 28.9 Å². The molecule has 0 saturated carbocycles. The van der Waals surface area contributed by atoms with Gasteiger partial charge in [0.15, 0.2) is 5.65 Å². The molecule has 0 radical (unpaired) electrons. The minimum absolute atomic E-state index is 0.0757. The lowest BCUT2D eigenvalue weighted by Gasteiger charge is -2.38. The summed E-state index contributed by atoms with van der Waals surface area (Å²) in [5, 5.41) is 7.40. The van der Waals surface area contributed by atoms with E-state index in [1.807, 2.05) is 47.7 Å². The van der Waals surface area contributed by atoms with Gasteiger partial charge in [-0.3, -0.25) is 0 Å². The number of hydrogen-bond donors (Lipinski definition) is 2. The van der Waals surface area contributed by atoms with Gasteiger partial charge in [-0.2, -0.15) is 9.97 Å². The Balaban J connectivity index is 1.87. The number of likely N-dealkylation sites (tertiary alicyclic amines) is 1. The van der Waals surface area contributed by atoms with Gasteiger partial charge in [0.2, 0.25) is 5.95 Å². The molecule has 1 amide bonds. The summed E-state index contributed by atoms with van der Waals surface area (Å²) < 4.78 is 11.2. The van der Waals surface area contributed by atoms with Crippen LogP contribution in [0.4, 0.5) is 16.6 Å². The molecule has 9 nitrogen and oxygen atoms in total. The van der Waals surface area contributed by atoms with Gasteiger partial charge >= 0.3 is 6.09 Å². The highest BCUT2D eigenvalue weighted by molar-refractivity contribution is 5.90. The topological polar surface area (TPSA) is 102 Å². The van der Waals surface area contributed by atoms with Gasteiger partial charge in [-0.15, -0.1) is 0 Å². The number of hydrogen-bond acceptors (Lipinski definition) is 8. The van der Waals surface area contributed by atoms with E-state index in [-0.39, 0.29) is 18.2 Å². The van der Waals surface area contributed by atoms with Gasteiger partial charge in [-0.1, -0.05) is 0 Å². The minimum atomic E-state index is -0.539. The van der Waals surface area contributed by atoms with Gasteiger partial charge in [-0.05, 0) is 52.7 Å². The molecule has 3 heterocycles. The van der Waals surface area contributed by atoms with Crippen molar-refractivity contribution in [2.24, 2.45) is 0 Å². The van der Waals surface area contributed by atoms with E-state index in [4.69, 9.17) is 9.47 Å². The van der Waals surface area contributed by atoms with E-state index < -0.39 is 5.60 Å². The number of carbonyl (C=O) groups is 1. The molecule has 1 saturated heterocycles. The Hall–Kier alpha value is -2.68. The van der Waals surface area contributed by atoms with E-state index in [2.05, 4.69) is 25.6 Å². The fourth-order valence-electron chi connectivity index (χ4n) is 3.73. The molecular formula is C21H32N6O3. The first-order chi connectivity index (χ1) is 14.1. The second-order valence-electron chi connectivity index (χ2n) is 8.66. The quantitative estimate of drug-likeness (QED) is 0.784. The van der Waals surface area contributed by atoms with E-state index in [1.54, 1.807) is 12.0 Å². The van der Waals surface area contributed by atoms with Crippen LogP contribution < -0.4 is 10.6 Å². The maximum absolute atomic E-state index is 12.5. The van der Waals surface area contributed by atoms with Gasteiger partial charge in [-0.25, -0.2) is 9.78 Å². The fourth-order valence-corrected chi connectivity index (χ4v) is 3.73. The maximum atomic E-state index is 12.5. The van der Waals surface area contributed by atoms with Crippen LogP contribution in [-0.2, 0) is 9.47 Å². The number of fused-ring (bicyclic) bond motifs is 1. The van der Waals surface area contributed by atoms with Crippen molar-refractivity contribution in [3.63, 3.8) is 0 Å². The normalized spacial score (nSPS) is 19.6. The largest absolute Gasteiger partial charge is 0.444 e. The molecule has 0 aliphatic carbocycles. The number of pyridine rings is 1. The van der Waals surface area contributed by atoms with Crippen LogP contribution in [0.3, 0.4) is 0 Å². The molecule has 2 aromatic heterocycles. The van der Waals surface area contributed by atoms with Crippen LogP contribution in [0, 0.1) is 13.8 Å². The summed E-state index contributed by atoms with van der Waals surface area (Å²) in [5.74, 6) is 1.16. The predicted octanol–water partition coefficient (Wildman–Crippen LogP) is 3.12. The third-order valence-electron chi connectivity index (χ3n) is 5.05. The van der Waals surface area contributed by atoms with Crippen molar-refractivity contribution in [1.82, 2.24) is 19.9 Å². The van der Waals surface area contributed by atoms with E-state index in [9.17, 15) is 4.79 Å². The molecule has 2 atom stereocenters. The van der Waals surface area contributed by atoms with Crippen LogP contribution in [-0.4, -0.2) is 70.9 Å². The molecular weight excluding hydrogens is 384 g/mol. The van der Waals surface area contributed by atoms with Crippen LogP contribution in [0.2, 0.25) is 0 Å². The van der Waals surface area contributed by atoms with Gasteiger partial charge in [0.05, 0.1) is 17.5 Å². The zero-order valence-electron chi connectivity index (χ0n) is 18.9. The third-order valence-corrected chi connectivity index (χ3v) is 5.05. The SMILES string of the molecule is CNc1nc(N[C@H]2CN(C(=O)OC(C)(C)C)CC[C@H]2OC)nc2nc(C)cc(C)c12. The molecule has 164 valence electrons. The molecule has 0 unspecified atom stereocenters. The molecule has 1 aliphatic rings. The smallest absolute Gasteiger partial charge is 0.410 e. The molecule has 30 heavy (non-hydrogen) atoms. The average Bonchev–Trinajstić information content (AvgIpc) is 2.65. The summed E-state index contributed by atoms with van der Waals surface area (Å²) in [5.41, 5.74) is 2.05. The highest BCUT2D eigenvalue weighted by atomic mass is 16.6. The number of nitrogens with one attached hydrogen (secondary N) is 2. The molecule has 1 aliphatic heterocycles. The number of carbonyl (C=O) groups excluding carboxylic acids is 1. The fraction of sp³-hybridized carbons (Fsp3) is 0.619. The van der Waals surface area contributed by atoms with E-state index in [0.29, 0.717) is 36.9 Å². The van der Waals surface area contributed by atoms with Crippen molar-refractivity contribution < 1.29 is 14.3 Å². The summed E-state index contributed by atoms with van der Waals surface area (Å²) in [6.07, 6.45) is 0.288. The molecule has 0 spiro atoms. The van der Waals surface area contributed by atoms with E-state index in [0.717, 1.165) is 16.6 Å². The first-order valence-electron chi connectivity index (χ1n) is 10.2. The summed E-state index contributed by atoms with van der Waals surface area (Å²) in [6.45, 7) is 10.6. The third kappa shape index (κ3) is 4.89. The van der Waals surface area contributed by atoms with Crippen LogP contribution in [0.25, 0.3) is 11.0 Å². The summed E-state index contributed by atoms with van der Waals surface area (Å²) in [4.78, 5) is 28.1. The van der Waals surface area contributed by atoms with Gasteiger partial charge in [0.25, 0.3) is 0 Å². The van der Waals surface area contributed by atoms with Gasteiger partial charge < -0.3 is 25.0 Å². The summed E-state index contributed by atoms with van der Waals surface area (Å²) >= 11 is 0. The molecule has 3 rings (SSSR count). The second-order valence-corrected chi connectivity index (χ2v) is 8.66. The maximum Gasteiger partial charge on any atom is 0.410 e. The number of aromatic nitrogens is 3. The van der Waals surface area contributed by atoms with Crippen molar-refractivity contribution in [2.45, 2.75) is 58.8 Å². The highest BCUT2D eigenvalue weighted by Gasteiger charge is 2.34. The number of rotatable bonds is 4. The predicted molar refractivity (Wildman–Crippen MR) is 117 cm³/mol. The summed E-state index contributed by atoms with van der Waals surface area (Å²) in [7, 11) is 3.50. The molecule has 9 heteroatoms. The average molecular weight is 417 g/mol. The van der Waals surface area contributed by atoms with Gasteiger partial charge in [0.1, 0.15) is 11.4 Å². The number of amides is 1. The lowest BCUT2D eigenvalue weighted by molar-refractivity contribution is -0.00290. The zero-order chi connectivity index (χ0) is 22.1. The number of nitrogens with zero attached hydrogens (tertiary/aromatic N) is 4. The van der Waals surface area contributed by atoms with Crippen molar-refractivity contribution in [3.8, 4) is 0 Å². The van der Waals surface area contributed by atoms with E-state index >= 15 is 0 Å². The standard InChI is InChI=1S/C21H32N6O3/c1-12-10-13(2)23-18-16(12)17(22-6)25-19(26-18)24-14-11-27(9-8-15(14)29-7)20(28)30-21(3,4)5/h10,14-15H,8-9,11H2,1-7H3,(H2,22,23,24,25,26)/t14-,15+/m0/s1. The Morgan fingerprint density at radius 2 is 1.97 bits per heavy atom. The number of piperidine rings is 1. The van der Waals surface area contributed by atoms with Crippen molar-refractivity contribution in [2.75, 3.05) is 37.9 Å². The Morgan fingerprint density at radius 1 is 1.23 bits per heavy atom. The number of ether oxygens (including phenoxy) is 2. The monoisotopic (exact) mass is 416 g/mol. The summed E-state index contributed by atoms with van der Waals surface area (Å²) in [6, 6.07) is 1.84. The molecule has 1 fully saturated rings. The zero-order valence-corrected chi connectivity index (χ0v) is 18.9. The van der Waals surface area contributed by atoms with Crippen LogP contribution >= 0.6 is 0 Å². The molecule has 2 aromatic rings. The Morgan fingerprint density at radius 3 is 2.60 bits per heavy atom. The minimum Gasteiger partial charge on any atom is -0.444 e. The molecule has 2 N–H and O–H groups in total. The lowest BCUT2D eigenvalue weighted by Crippen LogP contribution is -2.53. The number of methoxy groups -OCH3 is 1. The highest BCUT2D eigenvalue weighted by Crippen LogP contribution is 2.26. The Kier molecular flexibility index (Phi) is 6.30. The Labute approximate surface area is 177 Å². The van der Waals surface area contributed by atoms with Gasteiger partial charge in [0, 0.05) is 32.9 Å². The second kappa shape index (κ2) is 8.59. The molecule has 0 bridgehead atoms. The van der Waals surface area contributed by atoms with E-state index in [1.165, 1.54) is 0 Å². The Bertz CT molecular complexity index is 927. The number of anilines is 2. The van der Waals surface area contributed by atoms with Crippen LogP contribution in [0.1, 0.15) is 38.4 Å². The van der Waals surface area contributed by atoms with Crippen LogP contribution in [0.15, 0.2) is 6.07 Å².